The van der Waals surface area contributed by atoms with Gasteiger partial charge in [0.1, 0.15) is 11.6 Å². The molecule has 1 aliphatic heterocycles. The highest BCUT2D eigenvalue weighted by atomic mass is 16.5. The normalized spacial score (nSPS) is 15.1. The number of ether oxygens (including phenoxy) is 1. The molecule has 2 heterocycles. The lowest BCUT2D eigenvalue weighted by Gasteiger charge is -2.17. The van der Waals surface area contributed by atoms with Gasteiger partial charge in [-0.1, -0.05) is 6.07 Å². The molecule has 0 bridgehead atoms. The van der Waals surface area contributed by atoms with Gasteiger partial charge < -0.3 is 10.1 Å². The monoisotopic (exact) mass is 290 g/mol. The molecule has 1 aromatic rings. The SMILES string of the molecule is CO[C@H](C)CCC(=O)CCCc1ccc2c(n1)NCCC2. The van der Waals surface area contributed by atoms with Crippen molar-refractivity contribution in [2.75, 3.05) is 19.0 Å². The maximum atomic E-state index is 11.8. The fraction of sp³-hybridized carbons (Fsp3) is 0.647. The van der Waals surface area contributed by atoms with Crippen molar-refractivity contribution in [2.45, 2.75) is 58.0 Å². The van der Waals surface area contributed by atoms with E-state index in [-0.39, 0.29) is 6.10 Å². The zero-order chi connectivity index (χ0) is 15.1. The molecule has 0 radical (unpaired) electrons. The number of methoxy groups -OCH3 is 1. The van der Waals surface area contributed by atoms with Crippen LogP contribution in [0.25, 0.3) is 0 Å². The Morgan fingerprint density at radius 3 is 3.10 bits per heavy atom. The van der Waals surface area contributed by atoms with Gasteiger partial charge in [-0.2, -0.15) is 0 Å². The van der Waals surface area contributed by atoms with Gasteiger partial charge in [0.2, 0.25) is 0 Å². The van der Waals surface area contributed by atoms with E-state index >= 15 is 0 Å². The molecule has 1 aromatic heterocycles. The van der Waals surface area contributed by atoms with Gasteiger partial charge in [-0.3, -0.25) is 4.79 Å². The van der Waals surface area contributed by atoms with Crippen LogP contribution >= 0.6 is 0 Å². The number of aromatic nitrogens is 1. The van der Waals surface area contributed by atoms with Gasteiger partial charge in [-0.25, -0.2) is 4.98 Å². The number of carbonyl (C=O) groups is 1. The van der Waals surface area contributed by atoms with Gasteiger partial charge in [0.15, 0.2) is 0 Å². The quantitative estimate of drug-likeness (QED) is 0.799. The second-order valence-corrected chi connectivity index (χ2v) is 5.82. The van der Waals surface area contributed by atoms with Crippen LogP contribution in [0.1, 0.15) is 50.3 Å². The molecule has 2 rings (SSSR count). The molecule has 1 aliphatic rings. The molecule has 0 unspecified atom stereocenters. The molecular formula is C17H26N2O2. The molecule has 0 aliphatic carbocycles. The predicted molar refractivity (Wildman–Crippen MR) is 84.7 cm³/mol. The number of hydrogen-bond acceptors (Lipinski definition) is 4. The van der Waals surface area contributed by atoms with Crippen molar-refractivity contribution in [3.63, 3.8) is 0 Å². The molecule has 21 heavy (non-hydrogen) atoms. The Balaban J connectivity index is 1.72. The predicted octanol–water partition coefficient (Wildman–Crippen LogP) is 3.15. The third kappa shape index (κ3) is 5.12. The van der Waals surface area contributed by atoms with Crippen LogP contribution in [0.3, 0.4) is 0 Å². The van der Waals surface area contributed by atoms with E-state index in [0.717, 1.165) is 43.7 Å². The van der Waals surface area contributed by atoms with Crippen molar-refractivity contribution >= 4 is 11.6 Å². The lowest BCUT2D eigenvalue weighted by Crippen LogP contribution is -2.14. The molecule has 0 fully saturated rings. The van der Waals surface area contributed by atoms with E-state index in [0.29, 0.717) is 18.6 Å². The standard InChI is InChI=1S/C17H26N2O2/c1-13(21-2)8-11-16(20)7-3-6-15-10-9-14-5-4-12-18-17(14)19-15/h9-10,13H,3-8,11-12H2,1-2H3,(H,18,19)/t13-/m1/s1. The molecule has 0 spiro atoms. The number of nitrogens with zero attached hydrogens (tertiary/aromatic N) is 1. The Bertz CT molecular complexity index is 474. The second-order valence-electron chi connectivity index (χ2n) is 5.82. The van der Waals surface area contributed by atoms with Crippen LogP contribution in [0.4, 0.5) is 5.82 Å². The number of aryl methyl sites for hydroxylation is 2. The summed E-state index contributed by atoms with van der Waals surface area (Å²) in [6.45, 7) is 3.01. The minimum Gasteiger partial charge on any atom is -0.382 e. The lowest BCUT2D eigenvalue weighted by atomic mass is 10.0. The van der Waals surface area contributed by atoms with Crippen LogP contribution < -0.4 is 5.32 Å². The number of hydrogen-bond donors (Lipinski definition) is 1. The van der Waals surface area contributed by atoms with Crippen molar-refractivity contribution in [3.8, 4) is 0 Å². The smallest absolute Gasteiger partial charge is 0.133 e. The van der Waals surface area contributed by atoms with Crippen LogP contribution in [0.15, 0.2) is 12.1 Å². The maximum Gasteiger partial charge on any atom is 0.133 e. The summed E-state index contributed by atoms with van der Waals surface area (Å²) in [5.74, 6) is 1.37. The van der Waals surface area contributed by atoms with Crippen molar-refractivity contribution in [1.82, 2.24) is 4.98 Å². The van der Waals surface area contributed by atoms with E-state index in [1.54, 1.807) is 7.11 Å². The molecular weight excluding hydrogens is 264 g/mol. The van der Waals surface area contributed by atoms with Gasteiger partial charge in [-0.15, -0.1) is 0 Å². The average Bonchev–Trinajstić information content (AvgIpc) is 2.52. The summed E-state index contributed by atoms with van der Waals surface area (Å²) in [5.41, 5.74) is 2.40. The van der Waals surface area contributed by atoms with E-state index < -0.39 is 0 Å². The lowest BCUT2D eigenvalue weighted by molar-refractivity contribution is -0.119. The fourth-order valence-electron chi connectivity index (χ4n) is 2.58. The highest BCUT2D eigenvalue weighted by Gasteiger charge is 2.11. The first-order valence-corrected chi connectivity index (χ1v) is 7.96. The number of fused-ring (bicyclic) bond motifs is 1. The number of pyridine rings is 1. The van der Waals surface area contributed by atoms with Gasteiger partial charge in [0.25, 0.3) is 0 Å². The summed E-state index contributed by atoms with van der Waals surface area (Å²) < 4.78 is 5.16. The summed E-state index contributed by atoms with van der Waals surface area (Å²) >= 11 is 0. The number of nitrogens with one attached hydrogen (secondary N) is 1. The van der Waals surface area contributed by atoms with E-state index in [2.05, 4.69) is 22.4 Å². The van der Waals surface area contributed by atoms with Crippen LogP contribution in [-0.4, -0.2) is 30.5 Å². The Kier molecular flexibility index (Phi) is 6.18. The van der Waals surface area contributed by atoms with E-state index in [9.17, 15) is 4.79 Å². The number of rotatable bonds is 8. The molecule has 1 atom stereocenters. The van der Waals surface area contributed by atoms with Gasteiger partial charge in [0.05, 0.1) is 6.10 Å². The zero-order valence-corrected chi connectivity index (χ0v) is 13.2. The van der Waals surface area contributed by atoms with Gasteiger partial charge in [-0.05, 0) is 50.7 Å². The summed E-state index contributed by atoms with van der Waals surface area (Å²) in [6, 6.07) is 4.27. The topological polar surface area (TPSA) is 51.2 Å². The largest absolute Gasteiger partial charge is 0.382 e. The summed E-state index contributed by atoms with van der Waals surface area (Å²) in [4.78, 5) is 16.5. The summed E-state index contributed by atoms with van der Waals surface area (Å²) in [7, 11) is 1.69. The number of ketones is 1. The van der Waals surface area contributed by atoms with Crippen molar-refractivity contribution < 1.29 is 9.53 Å². The molecule has 4 heteroatoms. The molecule has 0 saturated heterocycles. The summed E-state index contributed by atoms with van der Waals surface area (Å²) in [5, 5.41) is 3.35. The maximum absolute atomic E-state index is 11.8. The molecule has 0 aromatic carbocycles. The third-order valence-corrected chi connectivity index (χ3v) is 4.07. The van der Waals surface area contributed by atoms with Crippen LogP contribution in [0, 0.1) is 0 Å². The van der Waals surface area contributed by atoms with Crippen LogP contribution in [-0.2, 0) is 22.4 Å². The average molecular weight is 290 g/mol. The zero-order valence-electron chi connectivity index (χ0n) is 13.2. The molecule has 0 saturated carbocycles. The highest BCUT2D eigenvalue weighted by molar-refractivity contribution is 5.78. The third-order valence-electron chi connectivity index (χ3n) is 4.07. The number of Topliss-reactive ketones (excluding diaryl/α,β-unsaturated/α-hetero) is 1. The van der Waals surface area contributed by atoms with Crippen LogP contribution in [0.5, 0.6) is 0 Å². The van der Waals surface area contributed by atoms with Crippen molar-refractivity contribution in [1.29, 1.82) is 0 Å². The van der Waals surface area contributed by atoms with Crippen LogP contribution in [0.2, 0.25) is 0 Å². The first kappa shape index (κ1) is 16.0. The van der Waals surface area contributed by atoms with Crippen molar-refractivity contribution in [2.24, 2.45) is 0 Å². The highest BCUT2D eigenvalue weighted by Crippen LogP contribution is 2.20. The first-order chi connectivity index (χ1) is 10.2. The Hall–Kier alpha value is -1.42. The fourth-order valence-corrected chi connectivity index (χ4v) is 2.58. The summed E-state index contributed by atoms with van der Waals surface area (Å²) in [6.07, 6.45) is 6.30. The number of carbonyl (C=O) groups excluding carboxylic acids is 1. The minimum atomic E-state index is 0.169. The first-order valence-electron chi connectivity index (χ1n) is 7.96. The molecule has 116 valence electrons. The van der Waals surface area contributed by atoms with Gasteiger partial charge >= 0.3 is 0 Å². The van der Waals surface area contributed by atoms with Gasteiger partial charge in [0, 0.05) is 32.2 Å². The molecule has 4 nitrogen and oxygen atoms in total. The van der Waals surface area contributed by atoms with E-state index in [4.69, 9.17) is 4.74 Å². The molecule has 0 amide bonds. The molecule has 1 N–H and O–H groups in total. The van der Waals surface area contributed by atoms with Crippen molar-refractivity contribution in [3.05, 3.63) is 23.4 Å². The Labute approximate surface area is 127 Å². The second kappa shape index (κ2) is 8.13. The number of anilines is 1. The Morgan fingerprint density at radius 1 is 1.43 bits per heavy atom. The Morgan fingerprint density at radius 2 is 2.29 bits per heavy atom. The van der Waals surface area contributed by atoms with E-state index in [1.165, 1.54) is 12.0 Å². The van der Waals surface area contributed by atoms with E-state index in [1.807, 2.05) is 6.92 Å². The minimum absolute atomic E-state index is 0.169.